The van der Waals surface area contributed by atoms with Crippen LogP contribution in [-0.2, 0) is 14.2 Å². The van der Waals surface area contributed by atoms with Gasteiger partial charge in [-0.05, 0) is 0 Å². The Morgan fingerprint density at radius 1 is 0.905 bits per heavy atom. The molecule has 0 aromatic carbocycles. The first-order chi connectivity index (χ1) is 9.86. The second-order valence-electron chi connectivity index (χ2n) is 5.08. The zero-order valence-corrected chi connectivity index (χ0v) is 11.0. The molecule has 0 saturated carbocycles. The summed E-state index contributed by atoms with van der Waals surface area (Å²) < 4.78 is 15.0. The van der Waals surface area contributed by atoms with Gasteiger partial charge in [0.2, 0.25) is 0 Å². The molecule has 2 aliphatic rings. The van der Waals surface area contributed by atoms with Crippen LogP contribution in [0.4, 0.5) is 0 Å². The fourth-order valence-electron chi connectivity index (χ4n) is 2.29. The van der Waals surface area contributed by atoms with Gasteiger partial charge in [-0.3, -0.25) is 0 Å². The van der Waals surface area contributed by atoms with E-state index in [2.05, 4.69) is 4.74 Å². The zero-order chi connectivity index (χ0) is 15.7. The maximum atomic E-state index is 9.79. The molecule has 2 aliphatic heterocycles. The van der Waals surface area contributed by atoms with Crippen molar-refractivity contribution in [1.82, 2.24) is 0 Å². The highest BCUT2D eigenvalue weighted by Crippen LogP contribution is 2.26. The third kappa shape index (κ3) is 3.35. The van der Waals surface area contributed by atoms with Crippen molar-refractivity contribution in [1.29, 1.82) is 0 Å². The minimum absolute atomic E-state index is 0.305. The van der Waals surface area contributed by atoms with Crippen LogP contribution in [0.2, 0.25) is 0 Å². The molecule has 2 saturated heterocycles. The van der Waals surface area contributed by atoms with E-state index in [4.69, 9.17) is 14.6 Å². The average Bonchev–Trinajstić information content (AvgIpc) is 2.47. The molecule has 0 bridgehead atoms. The van der Waals surface area contributed by atoms with Crippen LogP contribution >= 0.6 is 0 Å². The molecule has 2 heterocycles. The molecule has 2 fully saturated rings. The Morgan fingerprint density at radius 3 is 2.19 bits per heavy atom. The van der Waals surface area contributed by atoms with Gasteiger partial charge < -0.3 is 50.0 Å². The van der Waals surface area contributed by atoms with E-state index in [1.54, 1.807) is 0 Å². The number of ether oxygens (including phenoxy) is 3. The SMILES string of the molecule is OC[C@H]1O[C@@H](O[C@@H]2[C@H](O)COC(O)[C@H]2O)[C@H](O)[C@@H](O)[C@@H]1O. The molecular weight excluding hydrogens is 292 g/mol. The first kappa shape index (κ1) is 17.0. The van der Waals surface area contributed by atoms with Gasteiger partial charge in [0.05, 0.1) is 13.2 Å². The summed E-state index contributed by atoms with van der Waals surface area (Å²) in [5, 5.41) is 66.8. The lowest BCUT2D eigenvalue weighted by atomic mass is 9.98. The van der Waals surface area contributed by atoms with E-state index in [1.807, 2.05) is 0 Å². The summed E-state index contributed by atoms with van der Waals surface area (Å²) in [6.45, 7) is -0.938. The van der Waals surface area contributed by atoms with Crippen LogP contribution in [0.3, 0.4) is 0 Å². The molecule has 10 heteroatoms. The normalized spacial score (nSPS) is 51.9. The van der Waals surface area contributed by atoms with Crippen molar-refractivity contribution in [3.8, 4) is 0 Å². The minimum Gasteiger partial charge on any atom is -0.394 e. The molecule has 1 unspecified atom stereocenters. The van der Waals surface area contributed by atoms with Crippen LogP contribution in [0.15, 0.2) is 0 Å². The lowest BCUT2D eigenvalue weighted by Gasteiger charge is -2.43. The van der Waals surface area contributed by atoms with Crippen LogP contribution in [0.25, 0.3) is 0 Å². The Bertz CT molecular complexity index is 339. The molecule has 0 spiro atoms. The smallest absolute Gasteiger partial charge is 0.187 e. The topological polar surface area (TPSA) is 169 Å². The highest BCUT2D eigenvalue weighted by atomic mass is 16.7. The van der Waals surface area contributed by atoms with Crippen LogP contribution < -0.4 is 0 Å². The second-order valence-corrected chi connectivity index (χ2v) is 5.08. The highest BCUT2D eigenvalue weighted by Gasteiger charge is 2.48. The highest BCUT2D eigenvalue weighted by molar-refractivity contribution is 4.91. The molecule has 0 aliphatic carbocycles. The van der Waals surface area contributed by atoms with E-state index in [1.165, 1.54) is 0 Å². The second kappa shape index (κ2) is 6.79. The number of aliphatic hydroxyl groups excluding tert-OH is 7. The summed E-state index contributed by atoms with van der Waals surface area (Å²) >= 11 is 0. The molecule has 0 aromatic rings. The number of rotatable bonds is 3. The van der Waals surface area contributed by atoms with Crippen molar-refractivity contribution >= 4 is 0 Å². The van der Waals surface area contributed by atoms with Crippen molar-refractivity contribution in [3.05, 3.63) is 0 Å². The Labute approximate surface area is 119 Å². The van der Waals surface area contributed by atoms with Gasteiger partial charge in [0.25, 0.3) is 0 Å². The van der Waals surface area contributed by atoms with Crippen LogP contribution in [-0.4, -0.2) is 104 Å². The molecule has 0 aromatic heterocycles. The minimum atomic E-state index is -1.66. The molecular formula is C11H20O10. The lowest BCUT2D eigenvalue weighted by Crippen LogP contribution is -2.62. The predicted octanol–water partition coefficient (Wildman–Crippen LogP) is -4.76. The van der Waals surface area contributed by atoms with Gasteiger partial charge in [-0.15, -0.1) is 0 Å². The maximum Gasteiger partial charge on any atom is 0.187 e. The first-order valence-corrected chi connectivity index (χ1v) is 6.48. The van der Waals surface area contributed by atoms with E-state index < -0.39 is 61.9 Å². The van der Waals surface area contributed by atoms with Gasteiger partial charge >= 0.3 is 0 Å². The van der Waals surface area contributed by atoms with Gasteiger partial charge in [0, 0.05) is 0 Å². The zero-order valence-electron chi connectivity index (χ0n) is 11.0. The van der Waals surface area contributed by atoms with Crippen LogP contribution in [0, 0.1) is 0 Å². The third-order valence-corrected chi connectivity index (χ3v) is 3.59. The Balaban J connectivity index is 2.06. The fourth-order valence-corrected chi connectivity index (χ4v) is 2.29. The molecule has 10 nitrogen and oxygen atoms in total. The largest absolute Gasteiger partial charge is 0.394 e. The van der Waals surface area contributed by atoms with Crippen molar-refractivity contribution < 1.29 is 50.0 Å². The van der Waals surface area contributed by atoms with Gasteiger partial charge in [0.1, 0.15) is 42.7 Å². The number of hydrogen-bond acceptors (Lipinski definition) is 10. The van der Waals surface area contributed by atoms with Crippen molar-refractivity contribution in [2.75, 3.05) is 13.2 Å². The predicted molar refractivity (Wildman–Crippen MR) is 62.6 cm³/mol. The standard InChI is InChI=1S/C11H20O10/c12-1-4-5(14)6(15)7(16)11(20-4)21-9-3(13)2-19-10(18)8(9)17/h3-18H,1-2H2/t3-,4-,5-,6+,7-,8+,9-,10?,11+/m1/s1. The molecule has 7 N–H and O–H groups in total. The number of aliphatic hydroxyl groups is 7. The van der Waals surface area contributed by atoms with E-state index >= 15 is 0 Å². The van der Waals surface area contributed by atoms with Crippen LogP contribution in [0.5, 0.6) is 0 Å². The Kier molecular flexibility index (Phi) is 5.48. The number of hydrogen-bond donors (Lipinski definition) is 7. The van der Waals surface area contributed by atoms with Gasteiger partial charge in [-0.25, -0.2) is 0 Å². The molecule has 9 atom stereocenters. The van der Waals surface area contributed by atoms with E-state index in [-0.39, 0.29) is 6.61 Å². The Morgan fingerprint density at radius 2 is 1.57 bits per heavy atom. The summed E-state index contributed by atoms with van der Waals surface area (Å²) in [5.41, 5.74) is 0. The quantitative estimate of drug-likeness (QED) is 0.268. The first-order valence-electron chi connectivity index (χ1n) is 6.48. The monoisotopic (exact) mass is 312 g/mol. The molecule has 0 radical (unpaired) electrons. The summed E-state index contributed by atoms with van der Waals surface area (Å²) in [5.74, 6) is 0. The van der Waals surface area contributed by atoms with E-state index in [0.29, 0.717) is 0 Å². The maximum absolute atomic E-state index is 9.79. The summed E-state index contributed by atoms with van der Waals surface area (Å²) in [6.07, 6.45) is -13.3. The summed E-state index contributed by atoms with van der Waals surface area (Å²) in [4.78, 5) is 0. The van der Waals surface area contributed by atoms with Gasteiger partial charge in [0.15, 0.2) is 12.6 Å². The van der Waals surface area contributed by atoms with E-state index in [0.717, 1.165) is 0 Å². The van der Waals surface area contributed by atoms with E-state index in [9.17, 15) is 30.6 Å². The summed E-state index contributed by atoms with van der Waals surface area (Å²) in [6, 6.07) is 0. The van der Waals surface area contributed by atoms with Crippen LogP contribution in [0.1, 0.15) is 0 Å². The molecule has 21 heavy (non-hydrogen) atoms. The van der Waals surface area contributed by atoms with Gasteiger partial charge in [-0.2, -0.15) is 0 Å². The summed E-state index contributed by atoms with van der Waals surface area (Å²) in [7, 11) is 0. The molecule has 2 rings (SSSR count). The Hall–Kier alpha value is -0.400. The van der Waals surface area contributed by atoms with Crippen molar-refractivity contribution in [2.24, 2.45) is 0 Å². The average molecular weight is 312 g/mol. The molecule has 0 amide bonds. The van der Waals surface area contributed by atoms with Crippen molar-refractivity contribution in [3.63, 3.8) is 0 Å². The van der Waals surface area contributed by atoms with Gasteiger partial charge in [-0.1, -0.05) is 0 Å². The fraction of sp³-hybridized carbons (Fsp3) is 1.00. The van der Waals surface area contributed by atoms with Crippen molar-refractivity contribution in [2.45, 2.75) is 55.3 Å². The third-order valence-electron chi connectivity index (χ3n) is 3.59. The molecule has 124 valence electrons. The lowest BCUT2D eigenvalue weighted by molar-refractivity contribution is -0.345.